The van der Waals surface area contributed by atoms with Crippen molar-refractivity contribution in [2.45, 2.75) is 4.90 Å². The summed E-state index contributed by atoms with van der Waals surface area (Å²) in [6.45, 7) is 0. The van der Waals surface area contributed by atoms with Gasteiger partial charge in [-0.3, -0.25) is 14.9 Å². The topological polar surface area (TPSA) is 46.2 Å². The number of rotatable bonds is 6. The van der Waals surface area contributed by atoms with Gasteiger partial charge < -0.3 is 0 Å². The first-order valence-electron chi connectivity index (χ1n) is 6.20. The second-order valence-electron chi connectivity index (χ2n) is 3.98. The molecule has 0 aliphatic heterocycles. The van der Waals surface area contributed by atoms with Crippen LogP contribution in [0.15, 0.2) is 71.0 Å². The summed E-state index contributed by atoms with van der Waals surface area (Å²) in [6, 6.07) is 19.1. The smallest absolute Gasteiger partial charge is 0.258 e. The molecule has 0 aliphatic carbocycles. The van der Waals surface area contributed by atoms with Gasteiger partial charge in [0.1, 0.15) is 0 Å². The standard InChI is InChI=1S/C16H13NO2S2/c18-12-17-16(19)15(13-7-3-1-4-8-13)11-20-21-14-9-5-2-6-10-14/h1-12H,(H,17,18,19)/b15-11-. The quantitative estimate of drug-likeness (QED) is 0.501. The molecule has 0 heterocycles. The van der Waals surface area contributed by atoms with Gasteiger partial charge in [0.15, 0.2) is 0 Å². The van der Waals surface area contributed by atoms with E-state index in [-0.39, 0.29) is 0 Å². The molecule has 0 aromatic heterocycles. The fourth-order valence-electron chi connectivity index (χ4n) is 1.61. The van der Waals surface area contributed by atoms with E-state index in [1.54, 1.807) is 16.2 Å². The first kappa shape index (κ1) is 15.4. The number of benzene rings is 2. The minimum atomic E-state index is -0.405. The Bertz CT molecular complexity index is 627. The summed E-state index contributed by atoms with van der Waals surface area (Å²) < 4.78 is 0. The zero-order chi connectivity index (χ0) is 14.9. The third kappa shape index (κ3) is 4.81. The van der Waals surface area contributed by atoms with Crippen LogP contribution in [0.5, 0.6) is 0 Å². The van der Waals surface area contributed by atoms with E-state index in [1.807, 2.05) is 60.7 Å². The van der Waals surface area contributed by atoms with Crippen LogP contribution in [-0.4, -0.2) is 12.3 Å². The highest BCUT2D eigenvalue weighted by Crippen LogP contribution is 2.34. The molecule has 2 amide bonds. The van der Waals surface area contributed by atoms with Crippen LogP contribution in [0.25, 0.3) is 5.57 Å². The van der Waals surface area contributed by atoms with Gasteiger partial charge in [0.2, 0.25) is 6.41 Å². The van der Waals surface area contributed by atoms with Crippen LogP contribution in [0.1, 0.15) is 5.56 Å². The second-order valence-corrected chi connectivity index (χ2v) is 6.13. The molecule has 106 valence electrons. The Kier molecular flexibility index (Phi) is 6.12. The summed E-state index contributed by atoms with van der Waals surface area (Å²) in [5.74, 6) is -0.405. The zero-order valence-corrected chi connectivity index (χ0v) is 12.7. The van der Waals surface area contributed by atoms with Crippen LogP contribution in [0, 0.1) is 0 Å². The van der Waals surface area contributed by atoms with Gasteiger partial charge in [0, 0.05) is 4.90 Å². The average molecular weight is 315 g/mol. The molecule has 0 bridgehead atoms. The predicted octanol–water partition coefficient (Wildman–Crippen LogP) is 3.74. The molecule has 0 aliphatic rings. The molecule has 0 unspecified atom stereocenters. The van der Waals surface area contributed by atoms with Crippen LogP contribution in [-0.2, 0) is 9.59 Å². The molecule has 0 radical (unpaired) electrons. The summed E-state index contributed by atoms with van der Waals surface area (Å²) in [7, 11) is 2.99. The average Bonchev–Trinajstić information content (AvgIpc) is 2.53. The van der Waals surface area contributed by atoms with Crippen LogP contribution < -0.4 is 5.32 Å². The van der Waals surface area contributed by atoms with E-state index in [1.165, 1.54) is 10.8 Å². The molecular formula is C16H13NO2S2. The Labute approximate surface area is 131 Å². The predicted molar refractivity (Wildman–Crippen MR) is 88.5 cm³/mol. The maximum atomic E-state index is 12.0. The molecule has 21 heavy (non-hydrogen) atoms. The van der Waals surface area contributed by atoms with Crippen LogP contribution in [0.3, 0.4) is 0 Å². The summed E-state index contributed by atoms with van der Waals surface area (Å²) in [6.07, 6.45) is 0.397. The van der Waals surface area contributed by atoms with Crippen molar-refractivity contribution in [1.29, 1.82) is 0 Å². The van der Waals surface area contributed by atoms with E-state index in [2.05, 4.69) is 5.32 Å². The maximum Gasteiger partial charge on any atom is 0.258 e. The van der Waals surface area contributed by atoms with Crippen LogP contribution in [0.2, 0.25) is 0 Å². The minimum Gasteiger partial charge on any atom is -0.295 e. The summed E-state index contributed by atoms with van der Waals surface area (Å²) in [5.41, 5.74) is 1.24. The Hall–Kier alpha value is -1.98. The monoisotopic (exact) mass is 315 g/mol. The maximum absolute atomic E-state index is 12.0. The first-order valence-corrected chi connectivity index (χ1v) is 8.41. The van der Waals surface area contributed by atoms with Gasteiger partial charge in [-0.2, -0.15) is 0 Å². The van der Waals surface area contributed by atoms with E-state index in [4.69, 9.17) is 0 Å². The second kappa shape index (κ2) is 8.34. The lowest BCUT2D eigenvalue weighted by atomic mass is 10.1. The van der Waals surface area contributed by atoms with Crippen molar-refractivity contribution < 1.29 is 9.59 Å². The third-order valence-electron chi connectivity index (χ3n) is 2.57. The zero-order valence-electron chi connectivity index (χ0n) is 11.1. The van der Waals surface area contributed by atoms with Gasteiger partial charge in [0.05, 0.1) is 5.57 Å². The van der Waals surface area contributed by atoms with Crippen molar-refractivity contribution in [3.63, 3.8) is 0 Å². The Morgan fingerprint density at radius 1 is 0.952 bits per heavy atom. The number of nitrogens with one attached hydrogen (secondary N) is 1. The molecule has 1 N–H and O–H groups in total. The molecule has 2 rings (SSSR count). The molecule has 2 aromatic carbocycles. The molecule has 0 spiro atoms. The van der Waals surface area contributed by atoms with E-state index in [9.17, 15) is 9.59 Å². The number of imide groups is 1. The summed E-state index contributed by atoms with van der Waals surface area (Å²) in [4.78, 5) is 23.5. The SMILES string of the molecule is O=CNC(=O)/C(=C\SSc1ccccc1)c1ccccc1. The molecule has 3 nitrogen and oxygen atoms in total. The van der Waals surface area contributed by atoms with E-state index in [0.717, 1.165) is 10.5 Å². The van der Waals surface area contributed by atoms with Crippen LogP contribution in [0.4, 0.5) is 0 Å². The van der Waals surface area contributed by atoms with E-state index in [0.29, 0.717) is 12.0 Å². The van der Waals surface area contributed by atoms with Crippen molar-refractivity contribution in [3.05, 3.63) is 71.6 Å². The Balaban J connectivity index is 2.13. The normalized spacial score (nSPS) is 11.0. The number of carbonyl (C=O) groups excluding carboxylic acids is 2. The van der Waals surface area contributed by atoms with Crippen molar-refractivity contribution in [2.24, 2.45) is 0 Å². The number of carbonyl (C=O) groups is 2. The summed E-state index contributed by atoms with van der Waals surface area (Å²) in [5, 5.41) is 3.94. The Morgan fingerprint density at radius 3 is 2.19 bits per heavy atom. The van der Waals surface area contributed by atoms with Crippen molar-refractivity contribution in [1.82, 2.24) is 5.32 Å². The number of hydrogen-bond acceptors (Lipinski definition) is 4. The Morgan fingerprint density at radius 2 is 1.57 bits per heavy atom. The molecule has 2 aromatic rings. The fraction of sp³-hybridized carbons (Fsp3) is 0. The van der Waals surface area contributed by atoms with Gasteiger partial charge in [-0.05, 0) is 23.1 Å². The fourth-order valence-corrected chi connectivity index (χ4v) is 3.47. The van der Waals surface area contributed by atoms with E-state index < -0.39 is 5.91 Å². The van der Waals surface area contributed by atoms with Crippen LogP contribution >= 0.6 is 21.6 Å². The highest BCUT2D eigenvalue weighted by atomic mass is 33.1. The minimum absolute atomic E-state index is 0.397. The molecule has 0 atom stereocenters. The first-order chi connectivity index (χ1) is 10.3. The molecule has 5 heteroatoms. The number of amides is 2. The van der Waals surface area contributed by atoms with Crippen molar-refractivity contribution in [2.75, 3.05) is 0 Å². The third-order valence-corrected chi connectivity index (χ3v) is 4.62. The lowest BCUT2D eigenvalue weighted by Crippen LogP contribution is -2.22. The molecule has 0 saturated carbocycles. The highest BCUT2D eigenvalue weighted by Gasteiger charge is 2.11. The van der Waals surface area contributed by atoms with Gasteiger partial charge in [-0.25, -0.2) is 0 Å². The molecule has 0 fully saturated rings. The lowest BCUT2D eigenvalue weighted by Gasteiger charge is -2.05. The van der Waals surface area contributed by atoms with Gasteiger partial charge in [-0.15, -0.1) is 0 Å². The van der Waals surface area contributed by atoms with Gasteiger partial charge in [0.25, 0.3) is 5.91 Å². The van der Waals surface area contributed by atoms with Gasteiger partial charge >= 0.3 is 0 Å². The largest absolute Gasteiger partial charge is 0.295 e. The number of hydrogen-bond donors (Lipinski definition) is 1. The van der Waals surface area contributed by atoms with Gasteiger partial charge in [-0.1, -0.05) is 70.1 Å². The molecule has 0 saturated heterocycles. The summed E-state index contributed by atoms with van der Waals surface area (Å²) >= 11 is 0. The van der Waals surface area contributed by atoms with Crippen molar-refractivity contribution >= 4 is 39.5 Å². The van der Waals surface area contributed by atoms with E-state index >= 15 is 0 Å². The molecular weight excluding hydrogens is 302 g/mol. The lowest BCUT2D eigenvalue weighted by molar-refractivity contribution is -0.121. The highest BCUT2D eigenvalue weighted by molar-refractivity contribution is 8.77. The van der Waals surface area contributed by atoms with Crippen molar-refractivity contribution in [3.8, 4) is 0 Å².